The highest BCUT2D eigenvalue weighted by Crippen LogP contribution is 2.27. The number of morpholine rings is 1. The molecule has 2 aliphatic heterocycles. The van der Waals surface area contributed by atoms with Gasteiger partial charge in [0.25, 0.3) is 0 Å². The number of hydrogen-bond acceptors (Lipinski definition) is 7. The topological polar surface area (TPSA) is 92.0 Å². The molecular weight excluding hydrogens is 300 g/mol. The standard InChI is InChI=1S/C15H22N4O4/c20-15(11-17-6-8-23-9-7-17)4-1-5-18(12-15)13-2-3-14(16-10-13)19(21)22/h2-3,10,20H,1,4-9,11-12H2. The molecular formula is C15H22N4O4. The third kappa shape index (κ3) is 3.95. The summed E-state index contributed by atoms with van der Waals surface area (Å²) in [6.45, 7) is 5.10. The van der Waals surface area contributed by atoms with Gasteiger partial charge in [-0.15, -0.1) is 0 Å². The molecule has 2 saturated heterocycles. The van der Waals surface area contributed by atoms with Gasteiger partial charge in [-0.05, 0) is 28.8 Å². The van der Waals surface area contributed by atoms with Gasteiger partial charge in [-0.1, -0.05) is 0 Å². The minimum Gasteiger partial charge on any atom is -0.387 e. The van der Waals surface area contributed by atoms with E-state index >= 15 is 0 Å². The van der Waals surface area contributed by atoms with Gasteiger partial charge in [0.15, 0.2) is 6.20 Å². The molecule has 1 aromatic rings. The maximum absolute atomic E-state index is 10.9. The first-order valence-corrected chi connectivity index (χ1v) is 7.94. The van der Waals surface area contributed by atoms with E-state index in [4.69, 9.17) is 4.74 Å². The van der Waals surface area contributed by atoms with E-state index in [0.29, 0.717) is 26.3 Å². The van der Waals surface area contributed by atoms with Crippen LogP contribution in [0.5, 0.6) is 0 Å². The first-order chi connectivity index (χ1) is 11.1. The van der Waals surface area contributed by atoms with Crippen LogP contribution in [0.2, 0.25) is 0 Å². The lowest BCUT2D eigenvalue weighted by molar-refractivity contribution is -0.389. The number of pyridine rings is 1. The van der Waals surface area contributed by atoms with E-state index in [1.54, 1.807) is 6.07 Å². The number of aliphatic hydroxyl groups is 1. The van der Waals surface area contributed by atoms with Crippen molar-refractivity contribution in [3.8, 4) is 0 Å². The SMILES string of the molecule is O=[N+]([O-])c1ccc(N2CCCC(O)(CN3CCOCC3)C2)cn1. The Bertz CT molecular complexity index is 547. The van der Waals surface area contributed by atoms with E-state index in [-0.39, 0.29) is 5.82 Å². The molecule has 1 unspecified atom stereocenters. The molecule has 2 aliphatic rings. The van der Waals surface area contributed by atoms with Crippen molar-refractivity contribution < 1.29 is 14.8 Å². The number of aromatic nitrogens is 1. The Morgan fingerprint density at radius 1 is 1.35 bits per heavy atom. The van der Waals surface area contributed by atoms with Crippen LogP contribution in [-0.2, 0) is 4.74 Å². The zero-order valence-corrected chi connectivity index (χ0v) is 13.1. The number of rotatable bonds is 4. The van der Waals surface area contributed by atoms with Gasteiger partial charge >= 0.3 is 5.82 Å². The molecule has 0 aliphatic carbocycles. The molecule has 0 saturated carbocycles. The monoisotopic (exact) mass is 322 g/mol. The summed E-state index contributed by atoms with van der Waals surface area (Å²) >= 11 is 0. The molecule has 3 rings (SSSR count). The lowest BCUT2D eigenvalue weighted by Gasteiger charge is -2.43. The van der Waals surface area contributed by atoms with Gasteiger partial charge in [-0.2, -0.15) is 0 Å². The van der Waals surface area contributed by atoms with Crippen molar-refractivity contribution in [3.05, 3.63) is 28.4 Å². The number of β-amino-alcohol motifs (C(OH)–C–C–N with tert-alkyl or cyclic N) is 1. The molecule has 8 nitrogen and oxygen atoms in total. The Hall–Kier alpha value is -1.77. The smallest absolute Gasteiger partial charge is 0.363 e. The molecule has 0 aromatic carbocycles. The van der Waals surface area contributed by atoms with Gasteiger partial charge in [-0.3, -0.25) is 4.90 Å². The Morgan fingerprint density at radius 3 is 2.78 bits per heavy atom. The van der Waals surface area contributed by atoms with Gasteiger partial charge < -0.3 is 24.9 Å². The molecule has 0 spiro atoms. The lowest BCUT2D eigenvalue weighted by atomic mass is 9.91. The van der Waals surface area contributed by atoms with Crippen LogP contribution in [0.4, 0.5) is 11.5 Å². The molecule has 2 fully saturated rings. The number of hydrogen-bond donors (Lipinski definition) is 1. The molecule has 23 heavy (non-hydrogen) atoms. The van der Waals surface area contributed by atoms with E-state index in [1.807, 2.05) is 0 Å². The molecule has 126 valence electrons. The first-order valence-electron chi connectivity index (χ1n) is 7.94. The molecule has 1 N–H and O–H groups in total. The lowest BCUT2D eigenvalue weighted by Crippen LogP contribution is -2.56. The summed E-state index contributed by atoms with van der Waals surface area (Å²) in [6.07, 6.45) is 3.16. The number of piperidine rings is 1. The van der Waals surface area contributed by atoms with Gasteiger partial charge in [0, 0.05) is 38.8 Å². The highest BCUT2D eigenvalue weighted by molar-refractivity contribution is 5.47. The number of nitro groups is 1. The van der Waals surface area contributed by atoms with Crippen LogP contribution in [0.3, 0.4) is 0 Å². The third-order valence-corrected chi connectivity index (χ3v) is 4.46. The van der Waals surface area contributed by atoms with Crippen molar-refractivity contribution in [1.29, 1.82) is 0 Å². The second-order valence-corrected chi connectivity index (χ2v) is 6.27. The summed E-state index contributed by atoms with van der Waals surface area (Å²) in [5.41, 5.74) is 0.0490. The van der Waals surface area contributed by atoms with Crippen molar-refractivity contribution >= 4 is 11.5 Å². The van der Waals surface area contributed by atoms with E-state index in [1.165, 1.54) is 12.3 Å². The summed E-state index contributed by atoms with van der Waals surface area (Å²) in [5, 5.41) is 21.6. The van der Waals surface area contributed by atoms with E-state index in [0.717, 1.165) is 38.2 Å². The fourth-order valence-corrected chi connectivity index (χ4v) is 3.31. The largest absolute Gasteiger partial charge is 0.387 e. The average molecular weight is 322 g/mol. The first kappa shape index (κ1) is 16.1. The van der Waals surface area contributed by atoms with Crippen molar-refractivity contribution in [2.24, 2.45) is 0 Å². The van der Waals surface area contributed by atoms with E-state index in [9.17, 15) is 15.2 Å². The van der Waals surface area contributed by atoms with Crippen molar-refractivity contribution in [1.82, 2.24) is 9.88 Å². The Kier molecular flexibility index (Phi) is 4.74. The van der Waals surface area contributed by atoms with Crippen molar-refractivity contribution in [3.63, 3.8) is 0 Å². The predicted octanol–water partition coefficient (Wildman–Crippen LogP) is 0.653. The summed E-state index contributed by atoms with van der Waals surface area (Å²) in [5.74, 6) is -0.158. The summed E-state index contributed by atoms with van der Waals surface area (Å²) in [7, 11) is 0. The second kappa shape index (κ2) is 6.77. The fourth-order valence-electron chi connectivity index (χ4n) is 3.31. The fraction of sp³-hybridized carbons (Fsp3) is 0.667. The van der Waals surface area contributed by atoms with Crippen LogP contribution in [-0.4, -0.2) is 71.5 Å². The number of ether oxygens (including phenoxy) is 1. The van der Waals surface area contributed by atoms with Crippen molar-refractivity contribution in [2.75, 3.05) is 50.8 Å². The van der Waals surface area contributed by atoms with Gasteiger partial charge in [0.1, 0.15) is 0 Å². The van der Waals surface area contributed by atoms with E-state index in [2.05, 4.69) is 14.8 Å². The average Bonchev–Trinajstić information content (AvgIpc) is 2.55. The van der Waals surface area contributed by atoms with Crippen LogP contribution in [0.15, 0.2) is 18.3 Å². The molecule has 0 bridgehead atoms. The maximum atomic E-state index is 10.9. The van der Waals surface area contributed by atoms with Gasteiger partial charge in [0.2, 0.25) is 0 Å². The third-order valence-electron chi connectivity index (χ3n) is 4.46. The summed E-state index contributed by atoms with van der Waals surface area (Å²) in [6, 6.07) is 3.11. The second-order valence-electron chi connectivity index (χ2n) is 6.27. The van der Waals surface area contributed by atoms with Crippen LogP contribution in [0, 0.1) is 10.1 Å². The Morgan fingerprint density at radius 2 is 2.13 bits per heavy atom. The van der Waals surface area contributed by atoms with Crippen LogP contribution < -0.4 is 4.90 Å². The maximum Gasteiger partial charge on any atom is 0.363 e. The Labute approximate surface area is 134 Å². The molecule has 1 atom stereocenters. The summed E-state index contributed by atoms with van der Waals surface area (Å²) in [4.78, 5) is 18.3. The van der Waals surface area contributed by atoms with Gasteiger partial charge in [0.05, 0.1) is 24.5 Å². The zero-order valence-electron chi connectivity index (χ0n) is 13.1. The highest BCUT2D eigenvalue weighted by atomic mass is 16.6. The normalized spacial score (nSPS) is 26.2. The number of nitrogens with zero attached hydrogens (tertiary/aromatic N) is 4. The number of anilines is 1. The summed E-state index contributed by atoms with van der Waals surface area (Å²) < 4.78 is 5.35. The minimum absolute atomic E-state index is 0.158. The predicted molar refractivity (Wildman–Crippen MR) is 84.5 cm³/mol. The molecule has 0 radical (unpaired) electrons. The molecule has 1 aromatic heterocycles. The van der Waals surface area contributed by atoms with E-state index < -0.39 is 10.5 Å². The zero-order chi connectivity index (χ0) is 16.3. The quantitative estimate of drug-likeness (QED) is 0.643. The van der Waals surface area contributed by atoms with Gasteiger partial charge in [-0.25, -0.2) is 0 Å². The Balaban J connectivity index is 1.65. The van der Waals surface area contributed by atoms with Crippen LogP contribution in [0.1, 0.15) is 12.8 Å². The van der Waals surface area contributed by atoms with Crippen molar-refractivity contribution in [2.45, 2.75) is 18.4 Å². The molecule has 8 heteroatoms. The minimum atomic E-state index is -0.767. The highest BCUT2D eigenvalue weighted by Gasteiger charge is 2.35. The molecule has 0 amide bonds. The molecule has 3 heterocycles. The van der Waals surface area contributed by atoms with Crippen LogP contribution >= 0.6 is 0 Å². The van der Waals surface area contributed by atoms with Crippen LogP contribution in [0.25, 0.3) is 0 Å².